The number of piperazine rings is 1. The molecular weight excluding hydrogens is 423 g/mol. The van der Waals surface area contributed by atoms with Gasteiger partial charge in [-0.1, -0.05) is 37.3 Å². The Morgan fingerprint density at radius 3 is 2.07 bits per heavy atom. The van der Waals surface area contributed by atoms with Crippen molar-refractivity contribution < 1.29 is 9.59 Å². The summed E-state index contributed by atoms with van der Waals surface area (Å²) in [6.45, 7) is 5.07. The first-order valence-electron chi connectivity index (χ1n) is 9.65. The lowest BCUT2D eigenvalue weighted by Crippen LogP contribution is -2.47. The van der Waals surface area contributed by atoms with Crippen LogP contribution in [-0.2, 0) is 4.79 Å². The van der Waals surface area contributed by atoms with E-state index < -0.39 is 0 Å². The Labute approximate surface area is 190 Å². The maximum Gasteiger partial charge on any atom is 0.253 e. The number of likely N-dealkylation sites (N-methyl/N-ethyl adjacent to an activating group) is 1. The second kappa shape index (κ2) is 11.9. The van der Waals surface area contributed by atoms with Gasteiger partial charge in [0, 0.05) is 43.5 Å². The van der Waals surface area contributed by atoms with Crippen LogP contribution in [0.5, 0.6) is 0 Å². The maximum absolute atomic E-state index is 12.6. The minimum Gasteiger partial charge on any atom is -0.336 e. The summed E-state index contributed by atoms with van der Waals surface area (Å²) in [5, 5.41) is 2.89. The van der Waals surface area contributed by atoms with Crippen molar-refractivity contribution in [2.45, 2.75) is 13.0 Å². The highest BCUT2D eigenvalue weighted by molar-refractivity contribution is 5.96. The van der Waals surface area contributed by atoms with Crippen molar-refractivity contribution in [2.75, 3.05) is 38.5 Å². The van der Waals surface area contributed by atoms with Crippen LogP contribution in [0.2, 0.25) is 0 Å². The molecule has 1 saturated heterocycles. The Morgan fingerprint density at radius 2 is 1.50 bits per heavy atom. The molecule has 3 rings (SSSR count). The van der Waals surface area contributed by atoms with Crippen molar-refractivity contribution in [1.82, 2.24) is 9.80 Å². The summed E-state index contributed by atoms with van der Waals surface area (Å²) in [5.41, 5.74) is 8.46. The summed E-state index contributed by atoms with van der Waals surface area (Å²) in [4.78, 5) is 29.2. The zero-order chi connectivity index (χ0) is 20.1. The predicted molar refractivity (Wildman–Crippen MR) is 126 cm³/mol. The molecule has 2 amide bonds. The van der Waals surface area contributed by atoms with E-state index in [2.05, 4.69) is 17.3 Å². The average molecular weight is 453 g/mol. The third-order valence-corrected chi connectivity index (χ3v) is 5.33. The van der Waals surface area contributed by atoms with Crippen molar-refractivity contribution in [3.05, 3.63) is 65.7 Å². The molecule has 2 aromatic carbocycles. The monoisotopic (exact) mass is 452 g/mol. The Kier molecular flexibility index (Phi) is 10.3. The van der Waals surface area contributed by atoms with Crippen molar-refractivity contribution in [2.24, 2.45) is 11.7 Å². The fraction of sp³-hybridized carbons (Fsp3) is 0.364. The number of hydrogen-bond donors (Lipinski definition) is 2. The van der Waals surface area contributed by atoms with Gasteiger partial charge in [-0.25, -0.2) is 0 Å². The third-order valence-electron chi connectivity index (χ3n) is 5.33. The highest BCUT2D eigenvalue weighted by Gasteiger charge is 2.23. The number of nitrogens with two attached hydrogens (primary N) is 1. The Bertz CT molecular complexity index is 810. The third kappa shape index (κ3) is 6.44. The molecule has 0 saturated carbocycles. The van der Waals surface area contributed by atoms with Crippen LogP contribution in [0.25, 0.3) is 0 Å². The van der Waals surface area contributed by atoms with Gasteiger partial charge < -0.3 is 20.9 Å². The largest absolute Gasteiger partial charge is 0.336 e. The second-order valence-electron chi connectivity index (χ2n) is 7.39. The number of anilines is 1. The highest BCUT2D eigenvalue weighted by atomic mass is 35.5. The van der Waals surface area contributed by atoms with Gasteiger partial charge in [0.1, 0.15) is 0 Å². The lowest BCUT2D eigenvalue weighted by atomic mass is 9.94. The van der Waals surface area contributed by atoms with Crippen molar-refractivity contribution >= 4 is 42.3 Å². The summed E-state index contributed by atoms with van der Waals surface area (Å²) in [5.74, 6) is -0.492. The van der Waals surface area contributed by atoms with Gasteiger partial charge in [-0.3, -0.25) is 9.59 Å². The van der Waals surface area contributed by atoms with E-state index in [4.69, 9.17) is 5.73 Å². The molecule has 0 spiro atoms. The highest BCUT2D eigenvalue weighted by Crippen LogP contribution is 2.21. The van der Waals surface area contributed by atoms with Gasteiger partial charge in [0.25, 0.3) is 5.91 Å². The summed E-state index contributed by atoms with van der Waals surface area (Å²) in [7, 11) is 2.06. The zero-order valence-electron chi connectivity index (χ0n) is 17.3. The molecule has 3 N–H and O–H groups in total. The van der Waals surface area contributed by atoms with Crippen LogP contribution in [0, 0.1) is 5.92 Å². The number of nitrogens with zero attached hydrogens (tertiary/aromatic N) is 2. The lowest BCUT2D eigenvalue weighted by Gasteiger charge is -2.32. The molecule has 0 aliphatic carbocycles. The van der Waals surface area contributed by atoms with Crippen molar-refractivity contribution in [3.8, 4) is 0 Å². The van der Waals surface area contributed by atoms with Crippen LogP contribution >= 0.6 is 24.8 Å². The predicted octanol–water partition coefficient (Wildman–Crippen LogP) is 3.19. The van der Waals surface area contributed by atoms with Crippen molar-refractivity contribution in [3.63, 3.8) is 0 Å². The molecule has 30 heavy (non-hydrogen) atoms. The molecule has 0 bridgehead atoms. The number of benzene rings is 2. The fourth-order valence-corrected chi connectivity index (χ4v) is 3.27. The average Bonchev–Trinajstić information content (AvgIpc) is 2.74. The number of nitrogens with one attached hydrogen (secondary N) is 1. The van der Waals surface area contributed by atoms with Crippen LogP contribution < -0.4 is 11.1 Å². The fourth-order valence-electron chi connectivity index (χ4n) is 3.27. The molecule has 2 aromatic rings. The molecule has 1 fully saturated rings. The molecule has 2 atom stereocenters. The zero-order valence-corrected chi connectivity index (χ0v) is 18.9. The van der Waals surface area contributed by atoms with E-state index in [-0.39, 0.29) is 48.6 Å². The molecule has 0 aromatic heterocycles. The smallest absolute Gasteiger partial charge is 0.253 e. The Balaban J connectivity index is 0.00000225. The van der Waals surface area contributed by atoms with Gasteiger partial charge in [-0.2, -0.15) is 0 Å². The number of carbonyl (C=O) groups is 2. The van der Waals surface area contributed by atoms with E-state index in [1.165, 1.54) is 0 Å². The summed E-state index contributed by atoms with van der Waals surface area (Å²) < 4.78 is 0. The summed E-state index contributed by atoms with van der Waals surface area (Å²) >= 11 is 0. The SMILES string of the molecule is CC(C(=O)Nc1ccc(C(=O)N2CCN(C)CC2)cc1)C(N)c1ccccc1.Cl.Cl. The molecule has 1 heterocycles. The van der Waals surface area contributed by atoms with E-state index in [0.29, 0.717) is 11.3 Å². The van der Waals surface area contributed by atoms with Gasteiger partial charge >= 0.3 is 0 Å². The van der Waals surface area contributed by atoms with E-state index >= 15 is 0 Å². The molecule has 1 aliphatic heterocycles. The summed E-state index contributed by atoms with van der Waals surface area (Å²) in [6, 6.07) is 16.3. The Hall–Kier alpha value is -2.12. The van der Waals surface area contributed by atoms with Crippen molar-refractivity contribution in [1.29, 1.82) is 0 Å². The topological polar surface area (TPSA) is 78.7 Å². The standard InChI is InChI=1S/C22H28N4O2.2ClH/c1-16(20(23)17-6-4-3-5-7-17)21(27)24-19-10-8-18(9-11-19)22(28)26-14-12-25(2)13-15-26;;/h3-11,16,20H,12-15,23H2,1-2H3,(H,24,27);2*1H. The first-order chi connectivity index (χ1) is 13.5. The lowest BCUT2D eigenvalue weighted by molar-refractivity contribution is -0.120. The minimum atomic E-state index is -0.381. The van der Waals surface area contributed by atoms with Crippen LogP contribution in [0.4, 0.5) is 5.69 Å². The molecule has 1 aliphatic rings. The van der Waals surface area contributed by atoms with Crippen LogP contribution in [-0.4, -0.2) is 54.8 Å². The van der Waals surface area contributed by atoms with E-state index in [1.54, 1.807) is 24.3 Å². The van der Waals surface area contributed by atoms with Crippen LogP contribution in [0.3, 0.4) is 0 Å². The normalized spacial score (nSPS) is 15.9. The first kappa shape index (κ1) is 25.9. The molecular formula is C22H30Cl2N4O2. The molecule has 6 nitrogen and oxygen atoms in total. The number of halogens is 2. The number of amides is 2. The van der Waals surface area contributed by atoms with Gasteiger partial charge in [0.05, 0.1) is 5.92 Å². The Morgan fingerprint density at radius 1 is 0.933 bits per heavy atom. The molecule has 8 heteroatoms. The number of hydrogen-bond acceptors (Lipinski definition) is 4. The molecule has 0 radical (unpaired) electrons. The van der Waals surface area contributed by atoms with Gasteiger partial charge in [0.15, 0.2) is 0 Å². The van der Waals surface area contributed by atoms with Gasteiger partial charge in [-0.05, 0) is 36.9 Å². The number of rotatable bonds is 5. The number of carbonyl (C=O) groups excluding carboxylic acids is 2. The van der Waals surface area contributed by atoms with Crippen LogP contribution in [0.15, 0.2) is 54.6 Å². The van der Waals surface area contributed by atoms with E-state index in [0.717, 1.165) is 31.7 Å². The molecule has 2 unspecified atom stereocenters. The minimum absolute atomic E-state index is 0. The van der Waals surface area contributed by atoms with Gasteiger partial charge in [-0.15, -0.1) is 24.8 Å². The van der Waals surface area contributed by atoms with E-state index in [9.17, 15) is 9.59 Å². The quantitative estimate of drug-likeness (QED) is 0.729. The van der Waals surface area contributed by atoms with Crippen LogP contribution in [0.1, 0.15) is 28.9 Å². The second-order valence-corrected chi connectivity index (χ2v) is 7.39. The molecule has 164 valence electrons. The van der Waals surface area contributed by atoms with E-state index in [1.807, 2.05) is 42.2 Å². The summed E-state index contributed by atoms with van der Waals surface area (Å²) in [6.07, 6.45) is 0. The first-order valence-corrected chi connectivity index (χ1v) is 9.65. The van der Waals surface area contributed by atoms with Gasteiger partial charge in [0.2, 0.25) is 5.91 Å². The maximum atomic E-state index is 12.6.